The van der Waals surface area contributed by atoms with E-state index in [2.05, 4.69) is 0 Å². The summed E-state index contributed by atoms with van der Waals surface area (Å²) in [6.45, 7) is 0.495. The molecule has 1 heterocycles. The van der Waals surface area contributed by atoms with E-state index in [1.54, 1.807) is 7.11 Å². The van der Waals surface area contributed by atoms with Gasteiger partial charge in [0.25, 0.3) is 0 Å². The number of nitrogens with zero attached hydrogens (tertiary/aromatic N) is 1. The summed E-state index contributed by atoms with van der Waals surface area (Å²) in [4.78, 5) is 12.0. The van der Waals surface area contributed by atoms with Gasteiger partial charge >= 0.3 is 5.97 Å². The van der Waals surface area contributed by atoms with Crippen LogP contribution in [0.4, 0.5) is 0 Å². The van der Waals surface area contributed by atoms with Crippen molar-refractivity contribution in [2.24, 2.45) is 0 Å². The monoisotopic (exact) mass is 295 g/mol. The Bertz CT molecular complexity index is 777. The van der Waals surface area contributed by atoms with Gasteiger partial charge in [0.05, 0.1) is 7.11 Å². The molecule has 2 aromatic carbocycles. The first kappa shape index (κ1) is 14.2. The lowest BCUT2D eigenvalue weighted by Gasteiger charge is -2.07. The van der Waals surface area contributed by atoms with Crippen LogP contribution in [0.3, 0.4) is 0 Å². The Morgan fingerprint density at radius 1 is 1.09 bits per heavy atom. The molecule has 0 aliphatic rings. The molecular weight excluding hydrogens is 278 g/mol. The average molecular weight is 295 g/mol. The molecule has 3 aromatic rings. The summed E-state index contributed by atoms with van der Waals surface area (Å²) < 4.78 is 12.4. The van der Waals surface area contributed by atoms with Crippen molar-refractivity contribution in [2.45, 2.75) is 13.2 Å². The number of hydrogen-bond donors (Lipinski definition) is 0. The van der Waals surface area contributed by atoms with E-state index in [1.807, 2.05) is 65.4 Å². The van der Waals surface area contributed by atoms with Crippen molar-refractivity contribution < 1.29 is 14.3 Å². The quantitative estimate of drug-likeness (QED) is 0.677. The van der Waals surface area contributed by atoms with Crippen molar-refractivity contribution in [1.82, 2.24) is 4.57 Å². The molecule has 0 aliphatic heterocycles. The minimum absolute atomic E-state index is 0.197. The average Bonchev–Trinajstić information content (AvgIpc) is 2.96. The number of fused-ring (bicyclic) bond motifs is 1. The Hall–Kier alpha value is -2.75. The molecule has 0 saturated heterocycles. The third-order valence-electron chi connectivity index (χ3n) is 3.52. The van der Waals surface area contributed by atoms with Crippen LogP contribution < -0.4 is 4.74 Å². The molecule has 4 nitrogen and oxygen atoms in total. The number of carbonyl (C=O) groups excluding carboxylic acids is 1. The van der Waals surface area contributed by atoms with E-state index in [-0.39, 0.29) is 12.5 Å². The van der Waals surface area contributed by atoms with E-state index in [0.717, 1.165) is 22.2 Å². The van der Waals surface area contributed by atoms with Crippen molar-refractivity contribution in [3.63, 3.8) is 0 Å². The van der Waals surface area contributed by atoms with Crippen LogP contribution in [0.25, 0.3) is 10.9 Å². The minimum atomic E-state index is -0.253. The van der Waals surface area contributed by atoms with Gasteiger partial charge in [-0.1, -0.05) is 30.3 Å². The maximum Gasteiger partial charge on any atom is 0.326 e. The number of benzene rings is 2. The highest BCUT2D eigenvalue weighted by atomic mass is 16.5. The van der Waals surface area contributed by atoms with E-state index < -0.39 is 0 Å². The second-order valence-electron chi connectivity index (χ2n) is 5.01. The Kier molecular flexibility index (Phi) is 4.10. The molecule has 0 saturated carbocycles. The largest absolute Gasteiger partial charge is 0.497 e. The lowest BCUT2D eigenvalue weighted by Crippen LogP contribution is -2.12. The Morgan fingerprint density at radius 2 is 1.91 bits per heavy atom. The van der Waals surface area contributed by atoms with Crippen LogP contribution in [0.1, 0.15) is 5.56 Å². The van der Waals surface area contributed by atoms with Crippen LogP contribution in [0.5, 0.6) is 5.75 Å². The first-order valence-corrected chi connectivity index (χ1v) is 7.09. The molecule has 22 heavy (non-hydrogen) atoms. The second kappa shape index (κ2) is 6.35. The van der Waals surface area contributed by atoms with Crippen molar-refractivity contribution >= 4 is 16.9 Å². The zero-order chi connectivity index (χ0) is 15.4. The van der Waals surface area contributed by atoms with Crippen LogP contribution in [0.15, 0.2) is 60.8 Å². The Labute approximate surface area is 128 Å². The lowest BCUT2D eigenvalue weighted by molar-refractivity contribution is -0.145. The highest BCUT2D eigenvalue weighted by molar-refractivity contribution is 5.83. The molecule has 1 aromatic heterocycles. The molecular formula is C18H17NO3. The first-order valence-electron chi connectivity index (χ1n) is 7.09. The molecule has 0 aliphatic carbocycles. The van der Waals surface area contributed by atoms with Gasteiger partial charge in [-0.2, -0.15) is 0 Å². The first-order chi connectivity index (χ1) is 10.8. The van der Waals surface area contributed by atoms with E-state index in [4.69, 9.17) is 9.47 Å². The summed E-state index contributed by atoms with van der Waals surface area (Å²) in [5.41, 5.74) is 1.97. The molecule has 0 spiro atoms. The predicted octanol–water partition coefficient (Wildman–Crippen LogP) is 3.39. The maximum atomic E-state index is 12.0. The number of ether oxygens (including phenoxy) is 2. The van der Waals surface area contributed by atoms with Crippen LogP contribution in [0.2, 0.25) is 0 Å². The highest BCUT2D eigenvalue weighted by Gasteiger charge is 2.08. The van der Waals surface area contributed by atoms with Gasteiger partial charge in [-0.25, -0.2) is 0 Å². The highest BCUT2D eigenvalue weighted by Crippen LogP contribution is 2.21. The fourth-order valence-corrected chi connectivity index (χ4v) is 2.37. The van der Waals surface area contributed by atoms with Crippen LogP contribution in [0, 0.1) is 0 Å². The summed E-state index contributed by atoms with van der Waals surface area (Å²) in [5.74, 6) is 0.550. The van der Waals surface area contributed by atoms with Crippen molar-refractivity contribution in [1.29, 1.82) is 0 Å². The Balaban J connectivity index is 1.66. The summed E-state index contributed by atoms with van der Waals surface area (Å²) in [7, 11) is 1.64. The second-order valence-corrected chi connectivity index (χ2v) is 5.01. The van der Waals surface area contributed by atoms with Gasteiger partial charge in [-0.05, 0) is 29.8 Å². The molecule has 0 atom stereocenters. The SMILES string of the molecule is COc1ccc2c(ccn2CC(=O)OCc2ccccc2)c1. The van der Waals surface area contributed by atoms with E-state index in [1.165, 1.54) is 0 Å². The summed E-state index contributed by atoms with van der Waals surface area (Å²) >= 11 is 0. The third kappa shape index (κ3) is 3.11. The van der Waals surface area contributed by atoms with Gasteiger partial charge in [0.2, 0.25) is 0 Å². The van der Waals surface area contributed by atoms with Gasteiger partial charge in [-0.15, -0.1) is 0 Å². The molecule has 3 rings (SSSR count). The molecule has 0 N–H and O–H groups in total. The van der Waals surface area contributed by atoms with Crippen LogP contribution in [-0.4, -0.2) is 17.6 Å². The number of aromatic nitrogens is 1. The van der Waals surface area contributed by atoms with Gasteiger partial charge in [-0.3, -0.25) is 4.79 Å². The molecule has 0 amide bonds. The maximum absolute atomic E-state index is 12.0. The van der Waals surface area contributed by atoms with Crippen molar-refractivity contribution in [2.75, 3.05) is 7.11 Å². The van der Waals surface area contributed by atoms with E-state index >= 15 is 0 Å². The predicted molar refractivity (Wildman–Crippen MR) is 84.7 cm³/mol. The van der Waals surface area contributed by atoms with Crippen molar-refractivity contribution in [3.05, 3.63) is 66.4 Å². The van der Waals surface area contributed by atoms with E-state index in [9.17, 15) is 4.79 Å². The molecule has 112 valence electrons. The standard InChI is InChI=1S/C18H17NO3/c1-21-16-7-8-17-15(11-16)9-10-19(17)12-18(20)22-13-14-5-3-2-4-6-14/h2-11H,12-13H2,1H3. The molecule has 0 radical (unpaired) electrons. The molecule has 0 fully saturated rings. The molecule has 0 unspecified atom stereocenters. The number of carbonyl (C=O) groups is 1. The van der Waals surface area contributed by atoms with Gasteiger partial charge in [0.15, 0.2) is 0 Å². The summed E-state index contributed by atoms with van der Waals surface area (Å²) in [6, 6.07) is 17.4. The third-order valence-corrected chi connectivity index (χ3v) is 3.52. The number of rotatable bonds is 5. The lowest BCUT2D eigenvalue weighted by atomic mass is 10.2. The number of hydrogen-bond acceptors (Lipinski definition) is 3. The zero-order valence-corrected chi connectivity index (χ0v) is 12.4. The zero-order valence-electron chi connectivity index (χ0n) is 12.4. The number of methoxy groups -OCH3 is 1. The molecule has 0 bridgehead atoms. The minimum Gasteiger partial charge on any atom is -0.497 e. The van der Waals surface area contributed by atoms with Crippen LogP contribution in [-0.2, 0) is 22.7 Å². The van der Waals surface area contributed by atoms with Crippen LogP contribution >= 0.6 is 0 Å². The molecule has 4 heteroatoms. The fourth-order valence-electron chi connectivity index (χ4n) is 2.37. The van der Waals surface area contributed by atoms with Crippen molar-refractivity contribution in [3.8, 4) is 5.75 Å². The fraction of sp³-hybridized carbons (Fsp3) is 0.167. The topological polar surface area (TPSA) is 40.5 Å². The number of esters is 1. The summed E-state index contributed by atoms with van der Waals surface area (Å²) in [6.07, 6.45) is 1.88. The van der Waals surface area contributed by atoms with Gasteiger partial charge < -0.3 is 14.0 Å². The normalized spacial score (nSPS) is 10.6. The van der Waals surface area contributed by atoms with E-state index in [0.29, 0.717) is 6.61 Å². The van der Waals surface area contributed by atoms with Gasteiger partial charge in [0.1, 0.15) is 18.9 Å². The Morgan fingerprint density at radius 3 is 2.68 bits per heavy atom. The summed E-state index contributed by atoms with van der Waals surface area (Å²) in [5, 5.41) is 1.04. The smallest absolute Gasteiger partial charge is 0.326 e. The van der Waals surface area contributed by atoms with Gasteiger partial charge in [0, 0.05) is 17.1 Å².